The van der Waals surface area contributed by atoms with E-state index in [1.165, 1.54) is 6.42 Å². The third-order valence-electron chi connectivity index (χ3n) is 3.92. The number of rotatable bonds is 4. The van der Waals surface area contributed by atoms with Crippen molar-refractivity contribution in [2.24, 2.45) is 0 Å². The fourth-order valence-electron chi connectivity index (χ4n) is 2.48. The standard InChI is InChI=1S/C14H25N5/c1-5-12(3)18-6-8-19(9-7-18)13-10-11(2)16-14(15-4)17-13/h10,12H,5-9H2,1-4H3,(H,15,16,17). The molecule has 5 nitrogen and oxygen atoms in total. The second-order valence-electron chi connectivity index (χ2n) is 5.22. The van der Waals surface area contributed by atoms with Crippen molar-refractivity contribution in [3.05, 3.63) is 11.8 Å². The van der Waals surface area contributed by atoms with Crippen LogP contribution in [0.5, 0.6) is 0 Å². The summed E-state index contributed by atoms with van der Waals surface area (Å²) < 4.78 is 0. The molecule has 0 aliphatic carbocycles. The van der Waals surface area contributed by atoms with Crippen molar-refractivity contribution >= 4 is 11.8 Å². The van der Waals surface area contributed by atoms with E-state index in [-0.39, 0.29) is 0 Å². The van der Waals surface area contributed by atoms with Gasteiger partial charge in [0.1, 0.15) is 5.82 Å². The lowest BCUT2D eigenvalue weighted by atomic mass is 10.2. The molecule has 1 aromatic heterocycles. The van der Waals surface area contributed by atoms with Crippen molar-refractivity contribution in [2.45, 2.75) is 33.2 Å². The van der Waals surface area contributed by atoms with Gasteiger partial charge < -0.3 is 10.2 Å². The van der Waals surface area contributed by atoms with Crippen molar-refractivity contribution in [1.29, 1.82) is 0 Å². The van der Waals surface area contributed by atoms with Gasteiger partial charge in [0.05, 0.1) is 0 Å². The predicted molar refractivity (Wildman–Crippen MR) is 79.9 cm³/mol. The molecule has 0 aromatic carbocycles. The first-order chi connectivity index (χ1) is 9.13. The molecule has 0 spiro atoms. The average molecular weight is 263 g/mol. The van der Waals surface area contributed by atoms with Gasteiger partial charge in [0.2, 0.25) is 5.95 Å². The van der Waals surface area contributed by atoms with E-state index in [1.54, 1.807) is 0 Å². The van der Waals surface area contributed by atoms with Crippen LogP contribution in [0, 0.1) is 6.92 Å². The van der Waals surface area contributed by atoms with Crippen LogP contribution in [0.25, 0.3) is 0 Å². The summed E-state index contributed by atoms with van der Waals surface area (Å²) in [4.78, 5) is 13.8. The second-order valence-corrected chi connectivity index (χ2v) is 5.22. The fraction of sp³-hybridized carbons (Fsp3) is 0.714. The van der Waals surface area contributed by atoms with E-state index in [9.17, 15) is 0 Å². The van der Waals surface area contributed by atoms with Crippen molar-refractivity contribution in [2.75, 3.05) is 43.4 Å². The average Bonchev–Trinajstić information content (AvgIpc) is 2.46. The summed E-state index contributed by atoms with van der Waals surface area (Å²) in [6.07, 6.45) is 1.22. The third kappa shape index (κ3) is 3.35. The Hall–Kier alpha value is -1.36. The molecular formula is C14H25N5. The zero-order valence-electron chi connectivity index (χ0n) is 12.5. The zero-order chi connectivity index (χ0) is 13.8. The Labute approximate surface area is 116 Å². The Balaban J connectivity index is 2.03. The van der Waals surface area contributed by atoms with E-state index in [4.69, 9.17) is 0 Å². The van der Waals surface area contributed by atoms with Crippen molar-refractivity contribution in [3.8, 4) is 0 Å². The SMILES string of the molecule is CCC(C)N1CCN(c2cc(C)nc(NC)n2)CC1. The Kier molecular flexibility index (Phi) is 4.58. The number of aromatic nitrogens is 2. The Morgan fingerprint density at radius 2 is 1.95 bits per heavy atom. The Morgan fingerprint density at radius 3 is 2.53 bits per heavy atom. The lowest BCUT2D eigenvalue weighted by Gasteiger charge is -2.38. The summed E-state index contributed by atoms with van der Waals surface area (Å²) in [5, 5.41) is 3.02. The molecule has 1 saturated heterocycles. The summed E-state index contributed by atoms with van der Waals surface area (Å²) in [7, 11) is 1.86. The lowest BCUT2D eigenvalue weighted by Crippen LogP contribution is -2.49. The molecule has 19 heavy (non-hydrogen) atoms. The maximum atomic E-state index is 4.55. The Bertz CT molecular complexity index is 412. The maximum absolute atomic E-state index is 4.55. The highest BCUT2D eigenvalue weighted by atomic mass is 15.3. The highest BCUT2D eigenvalue weighted by molar-refractivity contribution is 5.45. The molecule has 1 aliphatic heterocycles. The molecule has 1 N–H and O–H groups in total. The molecule has 0 saturated carbocycles. The quantitative estimate of drug-likeness (QED) is 0.896. The molecule has 1 aromatic rings. The first kappa shape index (κ1) is 14.1. The summed E-state index contributed by atoms with van der Waals surface area (Å²) in [5.74, 6) is 1.75. The van der Waals surface area contributed by atoms with Gasteiger partial charge in [-0.3, -0.25) is 4.90 Å². The highest BCUT2D eigenvalue weighted by Gasteiger charge is 2.21. The molecule has 0 amide bonds. The van der Waals surface area contributed by atoms with E-state index < -0.39 is 0 Å². The van der Waals surface area contributed by atoms with Crippen LogP contribution in [-0.2, 0) is 0 Å². The van der Waals surface area contributed by atoms with Gasteiger partial charge >= 0.3 is 0 Å². The summed E-state index contributed by atoms with van der Waals surface area (Å²) in [5.41, 5.74) is 1.01. The van der Waals surface area contributed by atoms with Crippen LogP contribution in [0.15, 0.2) is 6.07 Å². The molecule has 1 aliphatic rings. The van der Waals surface area contributed by atoms with Crippen molar-refractivity contribution < 1.29 is 0 Å². The molecule has 1 unspecified atom stereocenters. The van der Waals surface area contributed by atoms with Crippen LogP contribution in [0.1, 0.15) is 26.0 Å². The van der Waals surface area contributed by atoms with Crippen LogP contribution in [0.4, 0.5) is 11.8 Å². The van der Waals surface area contributed by atoms with Gasteiger partial charge in [0.15, 0.2) is 0 Å². The zero-order valence-corrected chi connectivity index (χ0v) is 12.5. The molecule has 1 atom stereocenters. The summed E-state index contributed by atoms with van der Waals surface area (Å²) >= 11 is 0. The first-order valence-electron chi connectivity index (χ1n) is 7.16. The van der Waals surface area contributed by atoms with E-state index in [0.29, 0.717) is 12.0 Å². The van der Waals surface area contributed by atoms with E-state index in [0.717, 1.165) is 37.7 Å². The van der Waals surface area contributed by atoms with Gasteiger partial charge in [0.25, 0.3) is 0 Å². The fourth-order valence-corrected chi connectivity index (χ4v) is 2.48. The molecular weight excluding hydrogens is 238 g/mol. The van der Waals surface area contributed by atoms with Crippen LogP contribution in [0.3, 0.4) is 0 Å². The topological polar surface area (TPSA) is 44.3 Å². The first-order valence-corrected chi connectivity index (χ1v) is 7.16. The number of anilines is 2. The van der Waals surface area contributed by atoms with Gasteiger partial charge in [-0.05, 0) is 20.3 Å². The molecule has 106 valence electrons. The van der Waals surface area contributed by atoms with Crippen LogP contribution >= 0.6 is 0 Å². The van der Waals surface area contributed by atoms with Gasteiger partial charge in [-0.15, -0.1) is 0 Å². The van der Waals surface area contributed by atoms with E-state index in [2.05, 4.69) is 45.0 Å². The van der Waals surface area contributed by atoms with Gasteiger partial charge in [-0.2, -0.15) is 4.98 Å². The minimum Gasteiger partial charge on any atom is -0.357 e. The van der Waals surface area contributed by atoms with Crippen LogP contribution < -0.4 is 10.2 Å². The van der Waals surface area contributed by atoms with Crippen LogP contribution in [-0.4, -0.2) is 54.1 Å². The Morgan fingerprint density at radius 1 is 1.26 bits per heavy atom. The molecule has 1 fully saturated rings. The predicted octanol–water partition coefficient (Wildman–Crippen LogP) is 1.75. The van der Waals surface area contributed by atoms with Crippen molar-refractivity contribution in [1.82, 2.24) is 14.9 Å². The third-order valence-corrected chi connectivity index (χ3v) is 3.92. The minimum absolute atomic E-state index is 0.683. The largest absolute Gasteiger partial charge is 0.357 e. The van der Waals surface area contributed by atoms with Gasteiger partial charge in [0, 0.05) is 51.0 Å². The van der Waals surface area contributed by atoms with E-state index >= 15 is 0 Å². The van der Waals surface area contributed by atoms with E-state index in [1.807, 2.05) is 14.0 Å². The normalized spacial score (nSPS) is 18.4. The summed E-state index contributed by atoms with van der Waals surface area (Å²) in [6, 6.07) is 2.75. The molecule has 0 radical (unpaired) electrons. The second kappa shape index (κ2) is 6.19. The summed E-state index contributed by atoms with van der Waals surface area (Å²) in [6.45, 7) is 10.9. The monoisotopic (exact) mass is 263 g/mol. The number of aryl methyl sites for hydroxylation is 1. The van der Waals surface area contributed by atoms with Crippen molar-refractivity contribution in [3.63, 3.8) is 0 Å². The number of piperazine rings is 1. The van der Waals surface area contributed by atoms with Gasteiger partial charge in [-0.25, -0.2) is 4.98 Å². The highest BCUT2D eigenvalue weighted by Crippen LogP contribution is 2.18. The number of nitrogens with zero attached hydrogens (tertiary/aromatic N) is 4. The maximum Gasteiger partial charge on any atom is 0.224 e. The van der Waals surface area contributed by atoms with Gasteiger partial charge in [-0.1, -0.05) is 6.92 Å². The smallest absolute Gasteiger partial charge is 0.224 e. The number of hydrogen-bond donors (Lipinski definition) is 1. The number of nitrogens with one attached hydrogen (secondary N) is 1. The number of hydrogen-bond acceptors (Lipinski definition) is 5. The van der Waals surface area contributed by atoms with Crippen LogP contribution in [0.2, 0.25) is 0 Å². The molecule has 5 heteroatoms. The lowest BCUT2D eigenvalue weighted by molar-refractivity contribution is 0.192. The molecule has 0 bridgehead atoms. The minimum atomic E-state index is 0.683. The molecule has 2 heterocycles. The molecule has 2 rings (SSSR count).